The summed E-state index contributed by atoms with van der Waals surface area (Å²) in [6.07, 6.45) is 16.4. The van der Waals surface area contributed by atoms with Gasteiger partial charge in [0.15, 0.2) is 5.78 Å². The third kappa shape index (κ3) is 20.6. The summed E-state index contributed by atoms with van der Waals surface area (Å²) in [5.41, 5.74) is 12.8. The molecule has 0 radical (unpaired) electrons. The average Bonchev–Trinajstić information content (AvgIpc) is 4.20. The number of anilines is 2. The van der Waals surface area contributed by atoms with Gasteiger partial charge in [-0.1, -0.05) is 58.7 Å². The third-order valence-electron chi connectivity index (χ3n) is 14.5. The number of carbonyl (C=O) groups is 3. The molecule has 0 saturated heterocycles. The minimum Gasteiger partial charge on any atom is -0.388 e. The fourth-order valence-electron chi connectivity index (χ4n) is 9.53. The van der Waals surface area contributed by atoms with Crippen molar-refractivity contribution in [2.45, 2.75) is 132 Å². The van der Waals surface area contributed by atoms with Crippen LogP contribution in [0.25, 0.3) is 22.3 Å². The molecule has 78 heavy (non-hydrogen) atoms. The molecule has 0 spiro atoms. The summed E-state index contributed by atoms with van der Waals surface area (Å²) in [5, 5.41) is 11.2. The number of nitrogens with one attached hydrogen (secondary N) is 3. The van der Waals surface area contributed by atoms with Crippen LogP contribution in [0.5, 0.6) is 0 Å². The molecular formula is C62H91F2KN9O4-. The first kappa shape index (κ1) is 69.7. The molecule has 2 aliphatic rings. The van der Waals surface area contributed by atoms with Crippen LogP contribution >= 0.6 is 0 Å². The minimum atomic E-state index is -0.715. The Bertz CT molecular complexity index is 2730. The van der Waals surface area contributed by atoms with E-state index in [1.54, 1.807) is 37.0 Å². The van der Waals surface area contributed by atoms with E-state index >= 15 is 0 Å². The molecule has 2 aromatic carbocycles. The van der Waals surface area contributed by atoms with Crippen molar-refractivity contribution in [2.75, 3.05) is 57.0 Å². The van der Waals surface area contributed by atoms with Crippen LogP contribution in [0.4, 0.5) is 20.2 Å². The first-order valence-corrected chi connectivity index (χ1v) is 27.3. The monoisotopic (exact) mass is 1100 g/mol. The number of nitrogens with two attached hydrogens (primary N) is 1. The Balaban J connectivity index is 0.000000459. The second kappa shape index (κ2) is 35.4. The van der Waals surface area contributed by atoms with Gasteiger partial charge in [-0.2, -0.15) is 6.42 Å². The zero-order valence-electron chi connectivity index (χ0n) is 49.4. The Labute approximate surface area is 508 Å². The summed E-state index contributed by atoms with van der Waals surface area (Å²) in [4.78, 5) is 52.5. The molecule has 3 unspecified atom stereocenters. The van der Waals surface area contributed by atoms with E-state index in [9.17, 15) is 23.2 Å². The summed E-state index contributed by atoms with van der Waals surface area (Å²) in [7, 11) is 5.97. The first-order chi connectivity index (χ1) is 36.3. The van der Waals surface area contributed by atoms with Gasteiger partial charge < -0.3 is 50.3 Å². The van der Waals surface area contributed by atoms with Crippen molar-refractivity contribution in [2.24, 2.45) is 30.5 Å². The SMILES string of the molecule is CC=O.CCCC(CCC)CNCCC(C)CNCc1ccc(C)c(N(C)C2CC2)c1.CNc1ccn(-c2ccnc3c2cc(C(C)N2CC=C(c4c(F)cc(C(C)=O)cc4F)CC2)n3C)c(=O)c1.[CH2-]CC(C)C(N)=O.[CH3-].[K+]. The smallest absolute Gasteiger partial charge is 0.388 e. The van der Waals surface area contributed by atoms with E-state index in [1.165, 1.54) is 82.2 Å². The van der Waals surface area contributed by atoms with Crippen molar-refractivity contribution >= 4 is 46.0 Å². The Morgan fingerprint density at radius 1 is 0.974 bits per heavy atom. The molecule has 7 rings (SSSR count). The molecule has 5 aromatic rings. The summed E-state index contributed by atoms with van der Waals surface area (Å²) < 4.78 is 33.1. The van der Waals surface area contributed by atoms with Gasteiger partial charge in [-0.05, 0) is 151 Å². The molecule has 5 N–H and O–H groups in total. The van der Waals surface area contributed by atoms with Gasteiger partial charge in [0, 0.05) is 111 Å². The number of aldehydes is 1. The van der Waals surface area contributed by atoms with Crippen molar-refractivity contribution in [1.29, 1.82) is 0 Å². The molecule has 424 valence electrons. The number of primary amides is 1. The van der Waals surface area contributed by atoms with Gasteiger partial charge in [-0.25, -0.2) is 13.8 Å². The molecule has 1 aliphatic heterocycles. The maximum absolute atomic E-state index is 14.7. The number of hydrogen-bond acceptors (Lipinski definition) is 10. The summed E-state index contributed by atoms with van der Waals surface area (Å²) in [6.45, 7) is 24.8. The van der Waals surface area contributed by atoms with Crippen molar-refractivity contribution in [3.8, 4) is 5.69 Å². The van der Waals surface area contributed by atoms with Gasteiger partial charge >= 0.3 is 51.4 Å². The zero-order valence-corrected chi connectivity index (χ0v) is 52.5. The minimum absolute atomic E-state index is 0. The van der Waals surface area contributed by atoms with Crippen LogP contribution in [0.2, 0.25) is 0 Å². The van der Waals surface area contributed by atoms with Gasteiger partial charge in [-0.3, -0.25) is 23.9 Å². The molecular weight excluding hydrogens is 1010 g/mol. The van der Waals surface area contributed by atoms with Crippen LogP contribution in [0.3, 0.4) is 0 Å². The van der Waals surface area contributed by atoms with Gasteiger partial charge in [0.05, 0.1) is 5.69 Å². The van der Waals surface area contributed by atoms with Crippen LogP contribution in [0.1, 0.15) is 145 Å². The normalized spacial score (nSPS) is 14.1. The molecule has 3 atom stereocenters. The number of halogens is 2. The number of ketones is 1. The molecule has 1 aliphatic carbocycles. The number of amides is 1. The Hall–Kier alpha value is -4.39. The number of Topliss-reactive ketones (excluding diaryl/α,β-unsaturated/α-hetero) is 1. The Morgan fingerprint density at radius 3 is 2.15 bits per heavy atom. The molecule has 3 aromatic heterocycles. The number of nitrogens with zero attached hydrogens (tertiary/aromatic N) is 5. The van der Waals surface area contributed by atoms with E-state index in [1.807, 2.05) is 29.8 Å². The summed E-state index contributed by atoms with van der Waals surface area (Å²) in [6, 6.07) is 17.2. The largest absolute Gasteiger partial charge is 1.00 e. The van der Waals surface area contributed by atoms with Gasteiger partial charge in [0.25, 0.3) is 5.56 Å². The molecule has 16 heteroatoms. The van der Waals surface area contributed by atoms with Crippen molar-refractivity contribution < 1.29 is 74.5 Å². The maximum Gasteiger partial charge on any atom is 1.00 e. The van der Waals surface area contributed by atoms with Crippen LogP contribution < -0.4 is 83.5 Å². The number of fused-ring (bicyclic) bond motifs is 1. The second-order valence-corrected chi connectivity index (χ2v) is 20.6. The molecule has 4 heterocycles. The number of benzene rings is 2. The maximum atomic E-state index is 14.7. The Morgan fingerprint density at radius 2 is 1.63 bits per heavy atom. The number of aryl methyl sites for hydroxylation is 2. The number of carbonyl (C=O) groups excluding carboxylic acids is 3. The van der Waals surface area contributed by atoms with Crippen LogP contribution in [-0.4, -0.2) is 89.9 Å². The quantitative estimate of drug-likeness (QED) is 0.0164. The molecule has 1 amide bonds. The van der Waals surface area contributed by atoms with Gasteiger partial charge in [0.1, 0.15) is 23.6 Å². The van der Waals surface area contributed by atoms with Crippen LogP contribution in [0, 0.1) is 50.7 Å². The number of hydrogen-bond donors (Lipinski definition) is 4. The topological polar surface area (TPSA) is 160 Å². The van der Waals surface area contributed by atoms with Gasteiger partial charge in [0.2, 0.25) is 5.91 Å². The van der Waals surface area contributed by atoms with Crippen molar-refractivity contribution in [3.63, 3.8) is 0 Å². The van der Waals surface area contributed by atoms with Crippen LogP contribution in [-0.2, 0) is 23.2 Å². The number of rotatable bonds is 23. The fraction of sp³-hybridized carbons (Fsp3) is 0.500. The van der Waals surface area contributed by atoms with Gasteiger partial charge in [-0.15, -0.1) is 0 Å². The van der Waals surface area contributed by atoms with E-state index in [0.717, 1.165) is 78.1 Å². The predicted molar refractivity (Wildman–Crippen MR) is 316 cm³/mol. The summed E-state index contributed by atoms with van der Waals surface area (Å²) in [5.74, 6) is -0.564. The second-order valence-electron chi connectivity index (χ2n) is 20.6. The third-order valence-corrected chi connectivity index (χ3v) is 14.5. The van der Waals surface area contributed by atoms with E-state index in [2.05, 4.69) is 104 Å². The Kier molecular flexibility index (Phi) is 31.6. The van der Waals surface area contributed by atoms with E-state index < -0.39 is 11.6 Å². The number of aromatic nitrogens is 3. The first-order valence-electron chi connectivity index (χ1n) is 27.3. The molecule has 13 nitrogen and oxygen atoms in total. The van der Waals surface area contributed by atoms with E-state index in [-0.39, 0.29) is 99.1 Å². The molecule has 1 fully saturated rings. The van der Waals surface area contributed by atoms with Crippen molar-refractivity contribution in [1.82, 2.24) is 29.7 Å². The van der Waals surface area contributed by atoms with Crippen molar-refractivity contribution in [3.05, 3.63) is 137 Å². The van der Waals surface area contributed by atoms with E-state index in [4.69, 9.17) is 10.5 Å². The molecule has 0 bridgehead atoms. The van der Waals surface area contributed by atoms with E-state index in [0.29, 0.717) is 37.4 Å². The molecule has 1 saturated carbocycles. The summed E-state index contributed by atoms with van der Waals surface area (Å²) >= 11 is 0. The predicted octanol–water partition coefficient (Wildman–Crippen LogP) is 8.60. The zero-order chi connectivity index (χ0) is 56.1. The van der Waals surface area contributed by atoms with Crippen LogP contribution in [0.15, 0.2) is 77.9 Å². The fourth-order valence-corrected chi connectivity index (χ4v) is 9.53. The average molecular weight is 1100 g/mol. The number of pyridine rings is 2. The standard InChI is InChI=1S/C29H29F2N5O2.C25H45N3.C5H10NO.C2H4O.CH3.K/c1-17(35-10-6-19(7-11-35)28-23(30)13-20(18(2)37)14-24(28)31)26-16-22-25(5-9-33-29(22)34(26)4)36-12-8-21(32-3)15-27(36)38;1-6-8-22(9-7-2)18-26-15-14-20(3)17-27-19-23-11-10-21(4)25(16-23)28(5)24-12-13-24;1-3-4(2)5(6)7;1-2-3;;/h5-6,8-9,12-17,32H,7,10-11H2,1-4H3;10-11,16,20,22,24,26-27H,6-9,12-15,17-19H2,1-5H3;4H,1,3H2,2H3,(H2,6,7);2H,1H3;1H3;/q;;-1;;-1;+1.